The van der Waals surface area contributed by atoms with E-state index < -0.39 is 11.6 Å². The van der Waals surface area contributed by atoms with Gasteiger partial charge in [-0.25, -0.2) is 8.78 Å². The molecule has 0 saturated carbocycles. The largest absolute Gasteiger partial charge is 0.486 e. The zero-order chi connectivity index (χ0) is 10.0. The molecule has 13 heavy (non-hydrogen) atoms. The van der Waals surface area contributed by atoms with Crippen LogP contribution in [0.4, 0.5) is 8.78 Å². The van der Waals surface area contributed by atoms with E-state index in [1.807, 2.05) is 0 Å². The number of hydrogen-bond acceptors (Lipinski definition) is 1. The standard InChI is InChI=1S/C9H9ClF2O/c1-5(2)13-9-7(10)3-6(11)4-8(9)12/h3-5H,1-2H3. The molecule has 1 aromatic rings. The predicted molar refractivity (Wildman–Crippen MR) is 47.1 cm³/mol. The first kappa shape index (κ1) is 10.3. The Kier molecular flexibility index (Phi) is 3.09. The van der Waals surface area contributed by atoms with E-state index in [0.29, 0.717) is 0 Å². The first-order valence-corrected chi connectivity index (χ1v) is 4.19. The molecular formula is C9H9ClF2O. The SMILES string of the molecule is CC(C)Oc1c(F)cc(F)cc1Cl. The maximum atomic E-state index is 13.0. The predicted octanol–water partition coefficient (Wildman–Crippen LogP) is 3.41. The minimum absolute atomic E-state index is 0.0498. The summed E-state index contributed by atoms with van der Waals surface area (Å²) in [7, 11) is 0. The molecule has 0 saturated heterocycles. The molecule has 0 aliphatic heterocycles. The van der Waals surface area contributed by atoms with Crippen molar-refractivity contribution in [2.45, 2.75) is 20.0 Å². The highest BCUT2D eigenvalue weighted by Gasteiger charge is 2.12. The Hall–Kier alpha value is -0.830. The van der Waals surface area contributed by atoms with Gasteiger partial charge in [0, 0.05) is 6.07 Å². The van der Waals surface area contributed by atoms with Gasteiger partial charge < -0.3 is 4.74 Å². The summed E-state index contributed by atoms with van der Waals surface area (Å²) in [5.41, 5.74) is 0. The first-order chi connectivity index (χ1) is 6.00. The fourth-order valence-corrected chi connectivity index (χ4v) is 1.12. The number of halogens is 3. The third-order valence-electron chi connectivity index (χ3n) is 1.32. The zero-order valence-corrected chi connectivity index (χ0v) is 8.03. The van der Waals surface area contributed by atoms with E-state index in [-0.39, 0.29) is 16.9 Å². The second kappa shape index (κ2) is 3.92. The lowest BCUT2D eigenvalue weighted by molar-refractivity contribution is 0.231. The van der Waals surface area contributed by atoms with Crippen LogP contribution in [0.5, 0.6) is 5.75 Å². The highest BCUT2D eigenvalue weighted by atomic mass is 35.5. The average Bonchev–Trinajstić information content (AvgIpc) is 1.96. The molecule has 0 bridgehead atoms. The lowest BCUT2D eigenvalue weighted by atomic mass is 10.3. The van der Waals surface area contributed by atoms with Gasteiger partial charge in [0.15, 0.2) is 11.6 Å². The Balaban J connectivity index is 3.06. The maximum Gasteiger partial charge on any atom is 0.174 e. The summed E-state index contributed by atoms with van der Waals surface area (Å²) < 4.78 is 30.6. The molecule has 1 aromatic carbocycles. The molecule has 0 aromatic heterocycles. The third-order valence-corrected chi connectivity index (χ3v) is 1.60. The molecule has 0 unspecified atom stereocenters. The van der Waals surface area contributed by atoms with Crippen LogP contribution in [0, 0.1) is 11.6 Å². The quantitative estimate of drug-likeness (QED) is 0.721. The summed E-state index contributed by atoms with van der Waals surface area (Å²) in [4.78, 5) is 0. The van der Waals surface area contributed by atoms with Crippen molar-refractivity contribution in [2.75, 3.05) is 0 Å². The average molecular weight is 207 g/mol. The molecule has 0 aliphatic rings. The Morgan fingerprint density at radius 3 is 2.38 bits per heavy atom. The second-order valence-corrected chi connectivity index (χ2v) is 3.27. The molecule has 1 rings (SSSR count). The van der Waals surface area contributed by atoms with Crippen LogP contribution in [-0.4, -0.2) is 6.10 Å². The molecule has 0 N–H and O–H groups in total. The Labute approximate surface area is 80.3 Å². The Morgan fingerprint density at radius 2 is 1.92 bits per heavy atom. The lowest BCUT2D eigenvalue weighted by Crippen LogP contribution is -2.07. The number of hydrogen-bond donors (Lipinski definition) is 0. The van der Waals surface area contributed by atoms with Gasteiger partial charge in [0.1, 0.15) is 5.82 Å². The van der Waals surface area contributed by atoms with Crippen LogP contribution in [0.15, 0.2) is 12.1 Å². The third kappa shape index (κ3) is 2.56. The normalized spacial score (nSPS) is 10.6. The lowest BCUT2D eigenvalue weighted by Gasteiger charge is -2.11. The summed E-state index contributed by atoms with van der Waals surface area (Å²) in [6.07, 6.45) is -0.197. The van der Waals surface area contributed by atoms with Gasteiger partial charge in [0.2, 0.25) is 0 Å². The van der Waals surface area contributed by atoms with Crippen molar-refractivity contribution in [1.29, 1.82) is 0 Å². The van der Waals surface area contributed by atoms with Gasteiger partial charge in [0.25, 0.3) is 0 Å². The minimum Gasteiger partial charge on any atom is -0.486 e. The van der Waals surface area contributed by atoms with Crippen LogP contribution in [0.2, 0.25) is 5.02 Å². The number of ether oxygens (including phenoxy) is 1. The van der Waals surface area contributed by atoms with E-state index in [4.69, 9.17) is 16.3 Å². The molecular weight excluding hydrogens is 198 g/mol. The highest BCUT2D eigenvalue weighted by molar-refractivity contribution is 6.32. The molecule has 0 aliphatic carbocycles. The minimum atomic E-state index is -0.779. The van der Waals surface area contributed by atoms with Crippen LogP contribution < -0.4 is 4.74 Å². The van der Waals surface area contributed by atoms with Crippen molar-refractivity contribution in [1.82, 2.24) is 0 Å². The Bertz CT molecular complexity index is 289. The van der Waals surface area contributed by atoms with Crippen molar-refractivity contribution < 1.29 is 13.5 Å². The van der Waals surface area contributed by atoms with Gasteiger partial charge in [-0.05, 0) is 19.9 Å². The van der Waals surface area contributed by atoms with Crippen molar-refractivity contribution in [3.63, 3.8) is 0 Å². The van der Waals surface area contributed by atoms with Crippen LogP contribution in [0.25, 0.3) is 0 Å². The van der Waals surface area contributed by atoms with Crippen molar-refractivity contribution in [3.05, 3.63) is 28.8 Å². The molecule has 0 fully saturated rings. The van der Waals surface area contributed by atoms with Gasteiger partial charge in [-0.3, -0.25) is 0 Å². The van der Waals surface area contributed by atoms with E-state index in [1.165, 1.54) is 0 Å². The Morgan fingerprint density at radius 1 is 1.31 bits per heavy atom. The van der Waals surface area contributed by atoms with Crippen LogP contribution in [-0.2, 0) is 0 Å². The first-order valence-electron chi connectivity index (χ1n) is 3.82. The second-order valence-electron chi connectivity index (χ2n) is 2.87. The summed E-state index contributed by atoms with van der Waals surface area (Å²) in [6.45, 7) is 3.47. The van der Waals surface area contributed by atoms with Crippen LogP contribution in [0.1, 0.15) is 13.8 Å². The smallest absolute Gasteiger partial charge is 0.174 e. The topological polar surface area (TPSA) is 9.23 Å². The summed E-state index contributed by atoms with van der Waals surface area (Å²) in [5, 5.41) is -0.0498. The highest BCUT2D eigenvalue weighted by Crippen LogP contribution is 2.29. The van der Waals surface area contributed by atoms with Gasteiger partial charge in [-0.15, -0.1) is 0 Å². The number of rotatable bonds is 2. The summed E-state index contributed by atoms with van der Waals surface area (Å²) >= 11 is 5.57. The fraction of sp³-hybridized carbons (Fsp3) is 0.333. The summed E-state index contributed by atoms with van der Waals surface area (Å²) in [5.74, 6) is -1.59. The van der Waals surface area contributed by atoms with Gasteiger partial charge in [-0.1, -0.05) is 11.6 Å². The fourth-order valence-electron chi connectivity index (χ4n) is 0.877. The van der Waals surface area contributed by atoms with Gasteiger partial charge in [0.05, 0.1) is 11.1 Å². The molecule has 4 heteroatoms. The molecule has 72 valence electrons. The number of benzene rings is 1. The van der Waals surface area contributed by atoms with Crippen LogP contribution >= 0.6 is 11.6 Å². The monoisotopic (exact) mass is 206 g/mol. The van der Waals surface area contributed by atoms with E-state index >= 15 is 0 Å². The maximum absolute atomic E-state index is 13.0. The zero-order valence-electron chi connectivity index (χ0n) is 7.27. The van der Waals surface area contributed by atoms with Gasteiger partial charge in [-0.2, -0.15) is 0 Å². The van der Waals surface area contributed by atoms with Crippen molar-refractivity contribution >= 4 is 11.6 Å². The van der Waals surface area contributed by atoms with Crippen molar-refractivity contribution in [2.24, 2.45) is 0 Å². The molecule has 0 amide bonds. The van der Waals surface area contributed by atoms with Crippen LogP contribution in [0.3, 0.4) is 0 Å². The molecule has 0 heterocycles. The van der Waals surface area contributed by atoms with E-state index in [9.17, 15) is 8.78 Å². The van der Waals surface area contributed by atoms with E-state index in [2.05, 4.69) is 0 Å². The summed E-state index contributed by atoms with van der Waals surface area (Å²) in [6, 6.07) is 1.76. The molecule has 0 radical (unpaired) electrons. The molecule has 0 atom stereocenters. The van der Waals surface area contributed by atoms with E-state index in [0.717, 1.165) is 12.1 Å². The van der Waals surface area contributed by atoms with Gasteiger partial charge >= 0.3 is 0 Å². The van der Waals surface area contributed by atoms with E-state index in [1.54, 1.807) is 13.8 Å². The molecule has 1 nitrogen and oxygen atoms in total. The van der Waals surface area contributed by atoms with Crippen molar-refractivity contribution in [3.8, 4) is 5.75 Å². The molecule has 0 spiro atoms.